The van der Waals surface area contributed by atoms with Crippen LogP contribution in [-0.4, -0.2) is 39.5 Å². The van der Waals surface area contributed by atoms with Crippen LogP contribution in [0.25, 0.3) is 11.3 Å². The highest BCUT2D eigenvalue weighted by Gasteiger charge is 2.41. The van der Waals surface area contributed by atoms with E-state index < -0.39 is 0 Å². The molecule has 0 unspecified atom stereocenters. The van der Waals surface area contributed by atoms with Gasteiger partial charge >= 0.3 is 0 Å². The van der Waals surface area contributed by atoms with E-state index in [9.17, 15) is 9.59 Å². The molecule has 1 saturated heterocycles. The number of anilines is 1. The third-order valence-electron chi connectivity index (χ3n) is 4.78. The number of aryl methyl sites for hydroxylation is 1. The fourth-order valence-electron chi connectivity index (χ4n) is 3.27. The zero-order valence-corrected chi connectivity index (χ0v) is 13.6. The Kier molecular flexibility index (Phi) is 3.59. The Labute approximate surface area is 140 Å². The molecule has 2 aliphatic rings. The molecule has 6 heteroatoms. The van der Waals surface area contributed by atoms with E-state index in [1.54, 1.807) is 0 Å². The first kappa shape index (κ1) is 14.9. The van der Waals surface area contributed by atoms with Crippen LogP contribution >= 0.6 is 0 Å². The average molecular weight is 324 g/mol. The molecule has 2 N–H and O–H groups in total. The topological polar surface area (TPSA) is 78.1 Å². The second kappa shape index (κ2) is 5.78. The van der Waals surface area contributed by atoms with Crippen LogP contribution in [-0.2, 0) is 9.59 Å². The number of nitrogens with one attached hydrogen (secondary N) is 2. The molecule has 1 aliphatic carbocycles. The molecule has 1 atom stereocenters. The summed E-state index contributed by atoms with van der Waals surface area (Å²) >= 11 is 0. The lowest BCUT2D eigenvalue weighted by Crippen LogP contribution is -2.29. The molecule has 124 valence electrons. The molecule has 0 spiro atoms. The van der Waals surface area contributed by atoms with Crippen molar-refractivity contribution in [1.82, 2.24) is 15.1 Å². The second-order valence-electron chi connectivity index (χ2n) is 6.65. The van der Waals surface area contributed by atoms with Gasteiger partial charge in [0.2, 0.25) is 11.8 Å². The summed E-state index contributed by atoms with van der Waals surface area (Å²) in [6, 6.07) is 10.2. The molecule has 1 aliphatic heterocycles. The molecule has 4 rings (SSSR count). The molecule has 2 heterocycles. The highest BCUT2D eigenvalue weighted by Crippen LogP contribution is 2.33. The van der Waals surface area contributed by atoms with E-state index in [2.05, 4.69) is 15.5 Å². The molecule has 6 nitrogen and oxygen atoms in total. The highest BCUT2D eigenvalue weighted by molar-refractivity contribution is 5.97. The standard InChI is InChI=1S/C18H20N4O2/c1-11-4-2-3-5-14(11)15-9-16(21-20-15)19-18(24)12-8-17(23)22(10-12)13-6-7-13/h2-5,9,12-13H,6-8,10H2,1H3,(H2,19,20,21,24)/t12-/m0/s1. The van der Waals surface area contributed by atoms with Crippen molar-refractivity contribution in [2.75, 3.05) is 11.9 Å². The zero-order valence-electron chi connectivity index (χ0n) is 13.6. The highest BCUT2D eigenvalue weighted by atomic mass is 16.2. The fraction of sp³-hybridized carbons (Fsp3) is 0.389. The smallest absolute Gasteiger partial charge is 0.230 e. The molecule has 0 bridgehead atoms. The van der Waals surface area contributed by atoms with E-state index >= 15 is 0 Å². The largest absolute Gasteiger partial charge is 0.339 e. The number of carbonyl (C=O) groups excluding carboxylic acids is 2. The quantitative estimate of drug-likeness (QED) is 0.906. The van der Waals surface area contributed by atoms with Crippen LogP contribution < -0.4 is 5.32 Å². The van der Waals surface area contributed by atoms with E-state index in [-0.39, 0.29) is 17.7 Å². The van der Waals surface area contributed by atoms with Crippen LogP contribution in [0.4, 0.5) is 5.82 Å². The second-order valence-corrected chi connectivity index (χ2v) is 6.65. The van der Waals surface area contributed by atoms with Crippen molar-refractivity contribution in [2.24, 2.45) is 5.92 Å². The van der Waals surface area contributed by atoms with Gasteiger partial charge in [0.25, 0.3) is 0 Å². The first-order valence-electron chi connectivity index (χ1n) is 8.33. The van der Waals surface area contributed by atoms with Crippen molar-refractivity contribution < 1.29 is 9.59 Å². The minimum absolute atomic E-state index is 0.0975. The number of H-pyrrole nitrogens is 1. The van der Waals surface area contributed by atoms with Gasteiger partial charge in [0.1, 0.15) is 0 Å². The summed E-state index contributed by atoms with van der Waals surface area (Å²) in [5.74, 6) is 0.182. The summed E-state index contributed by atoms with van der Waals surface area (Å²) in [6.07, 6.45) is 2.44. The molecule has 2 fully saturated rings. The number of nitrogens with zero attached hydrogens (tertiary/aromatic N) is 2. The predicted octanol–water partition coefficient (Wildman–Crippen LogP) is 2.33. The SMILES string of the molecule is Cc1ccccc1-c1cc(NC(=O)[C@H]2CC(=O)N(C3CC3)C2)n[nH]1. The van der Waals surface area contributed by atoms with E-state index in [4.69, 9.17) is 0 Å². The van der Waals surface area contributed by atoms with Crippen molar-refractivity contribution in [3.63, 3.8) is 0 Å². The molecular weight excluding hydrogens is 304 g/mol. The van der Waals surface area contributed by atoms with Gasteiger partial charge in [-0.25, -0.2) is 0 Å². The summed E-state index contributed by atoms with van der Waals surface area (Å²) in [6.45, 7) is 2.56. The molecule has 1 aromatic carbocycles. The van der Waals surface area contributed by atoms with E-state index in [0.717, 1.165) is 29.7 Å². The maximum absolute atomic E-state index is 12.4. The Balaban J connectivity index is 1.43. The minimum atomic E-state index is -0.281. The van der Waals surface area contributed by atoms with Crippen LogP contribution in [0.2, 0.25) is 0 Å². The van der Waals surface area contributed by atoms with Crippen LogP contribution in [0.1, 0.15) is 24.8 Å². The summed E-state index contributed by atoms with van der Waals surface area (Å²) in [5.41, 5.74) is 3.06. The molecule has 1 saturated carbocycles. The Morgan fingerprint density at radius 3 is 2.88 bits per heavy atom. The van der Waals surface area contributed by atoms with Crippen LogP contribution in [0.5, 0.6) is 0 Å². The number of hydrogen-bond acceptors (Lipinski definition) is 3. The third-order valence-corrected chi connectivity index (χ3v) is 4.78. The minimum Gasteiger partial charge on any atom is -0.339 e. The van der Waals surface area contributed by atoms with Crippen LogP contribution in [0, 0.1) is 12.8 Å². The van der Waals surface area contributed by atoms with Crippen LogP contribution in [0.3, 0.4) is 0 Å². The van der Waals surface area contributed by atoms with Crippen molar-refractivity contribution >= 4 is 17.6 Å². The fourth-order valence-corrected chi connectivity index (χ4v) is 3.27. The van der Waals surface area contributed by atoms with Crippen molar-refractivity contribution in [2.45, 2.75) is 32.2 Å². The van der Waals surface area contributed by atoms with E-state index in [0.29, 0.717) is 24.8 Å². The molecule has 2 aromatic rings. The lowest BCUT2D eigenvalue weighted by molar-refractivity contribution is -0.128. The summed E-state index contributed by atoms with van der Waals surface area (Å²) < 4.78 is 0. The van der Waals surface area contributed by atoms with Gasteiger partial charge in [0, 0.05) is 30.6 Å². The predicted molar refractivity (Wildman–Crippen MR) is 90.2 cm³/mol. The number of carbonyl (C=O) groups is 2. The monoisotopic (exact) mass is 324 g/mol. The summed E-state index contributed by atoms with van der Waals surface area (Å²) in [7, 11) is 0. The summed E-state index contributed by atoms with van der Waals surface area (Å²) in [5, 5.41) is 9.97. The van der Waals surface area contributed by atoms with Gasteiger partial charge in [-0.2, -0.15) is 5.10 Å². The zero-order chi connectivity index (χ0) is 16.7. The molecule has 1 aromatic heterocycles. The number of benzene rings is 1. The van der Waals surface area contributed by atoms with Gasteiger partial charge in [-0.3, -0.25) is 14.7 Å². The Bertz CT molecular complexity index is 794. The Hall–Kier alpha value is -2.63. The number of likely N-dealkylation sites (tertiary alicyclic amines) is 1. The van der Waals surface area contributed by atoms with Crippen molar-refractivity contribution in [3.05, 3.63) is 35.9 Å². The van der Waals surface area contributed by atoms with E-state index in [1.807, 2.05) is 42.2 Å². The first-order valence-corrected chi connectivity index (χ1v) is 8.33. The van der Waals surface area contributed by atoms with Crippen molar-refractivity contribution in [3.8, 4) is 11.3 Å². The van der Waals surface area contributed by atoms with Gasteiger partial charge in [0.05, 0.1) is 11.6 Å². The maximum atomic E-state index is 12.4. The number of rotatable bonds is 4. The van der Waals surface area contributed by atoms with Gasteiger partial charge in [-0.1, -0.05) is 24.3 Å². The molecule has 24 heavy (non-hydrogen) atoms. The number of aromatic amines is 1. The summed E-state index contributed by atoms with van der Waals surface area (Å²) in [4.78, 5) is 26.2. The van der Waals surface area contributed by atoms with Gasteiger partial charge in [-0.15, -0.1) is 0 Å². The van der Waals surface area contributed by atoms with Crippen molar-refractivity contribution in [1.29, 1.82) is 0 Å². The Morgan fingerprint density at radius 1 is 1.33 bits per heavy atom. The Morgan fingerprint density at radius 2 is 2.12 bits per heavy atom. The lowest BCUT2D eigenvalue weighted by Gasteiger charge is -2.14. The molecule has 0 radical (unpaired) electrons. The third kappa shape index (κ3) is 2.79. The average Bonchev–Trinajstić information content (AvgIpc) is 3.18. The normalized spacial score (nSPS) is 20.5. The van der Waals surface area contributed by atoms with Gasteiger partial charge in [0.15, 0.2) is 5.82 Å². The molecule has 2 amide bonds. The van der Waals surface area contributed by atoms with Crippen LogP contribution in [0.15, 0.2) is 30.3 Å². The maximum Gasteiger partial charge on any atom is 0.230 e. The number of hydrogen-bond donors (Lipinski definition) is 2. The van der Waals surface area contributed by atoms with Gasteiger partial charge < -0.3 is 10.2 Å². The number of amides is 2. The molecular formula is C18H20N4O2. The lowest BCUT2D eigenvalue weighted by atomic mass is 10.1. The van der Waals surface area contributed by atoms with Gasteiger partial charge in [-0.05, 0) is 25.3 Å². The van der Waals surface area contributed by atoms with E-state index in [1.165, 1.54) is 0 Å². The number of aromatic nitrogens is 2. The first-order chi connectivity index (χ1) is 11.6.